The highest BCUT2D eigenvalue weighted by molar-refractivity contribution is 6.30. The molecule has 6 nitrogen and oxygen atoms in total. The SMILES string of the molecule is COc1ccc(N2CCN(Cc3c(O)ccc4c(=O)c(Cl)coc34)CC2)cc1. The number of halogens is 1. The van der Waals surface area contributed by atoms with Crippen LogP contribution in [0.4, 0.5) is 5.69 Å². The molecule has 0 spiro atoms. The Morgan fingerprint density at radius 1 is 1.11 bits per heavy atom. The zero-order valence-electron chi connectivity index (χ0n) is 15.5. The van der Waals surface area contributed by atoms with Gasteiger partial charge >= 0.3 is 0 Å². The Morgan fingerprint density at radius 3 is 2.50 bits per heavy atom. The molecule has 1 saturated heterocycles. The average molecular weight is 401 g/mol. The second-order valence-electron chi connectivity index (χ2n) is 6.81. The normalized spacial score (nSPS) is 15.1. The second-order valence-corrected chi connectivity index (χ2v) is 7.22. The summed E-state index contributed by atoms with van der Waals surface area (Å²) in [7, 11) is 1.66. The van der Waals surface area contributed by atoms with Gasteiger partial charge in [-0.3, -0.25) is 9.69 Å². The molecule has 0 bridgehead atoms. The predicted octanol–water partition coefficient (Wildman–Crippen LogP) is 3.48. The minimum absolute atomic E-state index is 0.0391. The molecular weight excluding hydrogens is 380 g/mol. The van der Waals surface area contributed by atoms with E-state index >= 15 is 0 Å². The van der Waals surface area contributed by atoms with Crippen LogP contribution in [0.5, 0.6) is 11.5 Å². The molecule has 3 aromatic rings. The van der Waals surface area contributed by atoms with Crippen molar-refractivity contribution >= 4 is 28.3 Å². The Kier molecular flexibility index (Phi) is 5.15. The lowest BCUT2D eigenvalue weighted by atomic mass is 10.1. The van der Waals surface area contributed by atoms with Gasteiger partial charge in [0.15, 0.2) is 0 Å². The largest absolute Gasteiger partial charge is 0.507 e. The molecule has 0 unspecified atom stereocenters. The molecule has 1 N–H and O–H groups in total. The van der Waals surface area contributed by atoms with Crippen molar-refractivity contribution in [2.24, 2.45) is 0 Å². The van der Waals surface area contributed by atoms with Crippen LogP contribution in [0.15, 0.2) is 51.9 Å². The summed E-state index contributed by atoms with van der Waals surface area (Å²) in [5.74, 6) is 0.964. The van der Waals surface area contributed by atoms with E-state index in [-0.39, 0.29) is 16.2 Å². The first-order valence-corrected chi connectivity index (χ1v) is 9.48. The van der Waals surface area contributed by atoms with E-state index in [0.29, 0.717) is 23.1 Å². The van der Waals surface area contributed by atoms with Crippen LogP contribution in [-0.2, 0) is 6.54 Å². The number of fused-ring (bicyclic) bond motifs is 1. The number of phenols is 1. The van der Waals surface area contributed by atoms with E-state index in [9.17, 15) is 9.90 Å². The first kappa shape index (κ1) is 18.7. The van der Waals surface area contributed by atoms with Crippen molar-refractivity contribution < 1.29 is 14.3 Å². The first-order valence-electron chi connectivity index (χ1n) is 9.10. The van der Waals surface area contributed by atoms with Crippen molar-refractivity contribution in [3.8, 4) is 11.5 Å². The van der Waals surface area contributed by atoms with Crippen molar-refractivity contribution in [2.45, 2.75) is 6.54 Å². The van der Waals surface area contributed by atoms with Crippen LogP contribution in [0, 0.1) is 0 Å². The van der Waals surface area contributed by atoms with E-state index in [0.717, 1.165) is 37.6 Å². The quantitative estimate of drug-likeness (QED) is 0.723. The topological polar surface area (TPSA) is 66.2 Å². The Balaban J connectivity index is 1.50. The molecule has 0 atom stereocenters. The van der Waals surface area contributed by atoms with E-state index in [2.05, 4.69) is 21.9 Å². The van der Waals surface area contributed by atoms with Crippen molar-refractivity contribution in [2.75, 3.05) is 38.2 Å². The Bertz CT molecular complexity index is 1040. The van der Waals surface area contributed by atoms with Crippen LogP contribution in [0.25, 0.3) is 11.0 Å². The highest BCUT2D eigenvalue weighted by Gasteiger charge is 2.21. The number of benzene rings is 2. The summed E-state index contributed by atoms with van der Waals surface area (Å²) in [6.07, 6.45) is 1.23. The third-order valence-corrected chi connectivity index (χ3v) is 5.43. The molecule has 2 aromatic carbocycles. The monoisotopic (exact) mass is 400 g/mol. The van der Waals surface area contributed by atoms with Crippen molar-refractivity contribution in [1.82, 2.24) is 4.90 Å². The number of hydrogen-bond acceptors (Lipinski definition) is 6. The third-order valence-electron chi connectivity index (χ3n) is 5.17. The van der Waals surface area contributed by atoms with Gasteiger partial charge < -0.3 is 19.2 Å². The van der Waals surface area contributed by atoms with E-state index in [1.54, 1.807) is 13.2 Å². The second kappa shape index (κ2) is 7.73. The van der Waals surface area contributed by atoms with Gasteiger partial charge in [-0.25, -0.2) is 0 Å². The molecule has 146 valence electrons. The van der Waals surface area contributed by atoms with Gasteiger partial charge in [0, 0.05) is 38.4 Å². The molecule has 2 heterocycles. The van der Waals surface area contributed by atoms with Crippen LogP contribution >= 0.6 is 11.6 Å². The summed E-state index contributed by atoms with van der Waals surface area (Å²) < 4.78 is 10.8. The Hall–Kier alpha value is -2.70. The molecule has 0 saturated carbocycles. The number of piperazine rings is 1. The molecule has 0 radical (unpaired) electrons. The molecule has 1 fully saturated rings. The van der Waals surface area contributed by atoms with Gasteiger partial charge in [-0.15, -0.1) is 0 Å². The molecule has 7 heteroatoms. The van der Waals surface area contributed by atoms with Crippen LogP contribution in [-0.4, -0.2) is 43.3 Å². The standard InChI is InChI=1S/C21H21ClN2O4/c1-27-15-4-2-14(3-5-15)24-10-8-23(9-11-24)12-17-19(25)7-6-16-20(26)18(22)13-28-21(16)17/h2-7,13,25H,8-12H2,1H3. The van der Waals surface area contributed by atoms with Gasteiger partial charge in [0.25, 0.3) is 0 Å². The number of hydrogen-bond donors (Lipinski definition) is 1. The number of anilines is 1. The van der Waals surface area contributed by atoms with Crippen LogP contribution in [0.2, 0.25) is 5.02 Å². The van der Waals surface area contributed by atoms with Gasteiger partial charge in [0.1, 0.15) is 28.4 Å². The molecule has 0 aliphatic carbocycles. The zero-order valence-corrected chi connectivity index (χ0v) is 16.3. The highest BCUT2D eigenvalue weighted by Crippen LogP contribution is 2.29. The van der Waals surface area contributed by atoms with E-state index in [4.69, 9.17) is 20.8 Å². The van der Waals surface area contributed by atoms with E-state index < -0.39 is 0 Å². The lowest BCUT2D eigenvalue weighted by molar-refractivity contribution is 0.246. The number of methoxy groups -OCH3 is 1. The third kappa shape index (κ3) is 3.53. The average Bonchev–Trinajstić information content (AvgIpc) is 2.73. The number of phenolic OH excluding ortho intramolecular Hbond substituents is 1. The molecule has 1 aliphatic heterocycles. The van der Waals surface area contributed by atoms with Crippen LogP contribution < -0.4 is 15.1 Å². The summed E-state index contributed by atoms with van der Waals surface area (Å²) >= 11 is 5.87. The summed E-state index contributed by atoms with van der Waals surface area (Å²) in [6, 6.07) is 11.1. The minimum atomic E-state index is -0.284. The van der Waals surface area contributed by atoms with Crippen LogP contribution in [0.3, 0.4) is 0 Å². The van der Waals surface area contributed by atoms with Crippen molar-refractivity contribution in [3.05, 3.63) is 63.5 Å². The molecule has 0 amide bonds. The summed E-state index contributed by atoms with van der Waals surface area (Å²) in [4.78, 5) is 16.8. The summed E-state index contributed by atoms with van der Waals surface area (Å²) in [6.45, 7) is 3.91. The van der Waals surface area contributed by atoms with Gasteiger partial charge in [0.05, 0.1) is 18.1 Å². The maximum atomic E-state index is 12.2. The van der Waals surface area contributed by atoms with Gasteiger partial charge in [-0.2, -0.15) is 0 Å². The van der Waals surface area contributed by atoms with Gasteiger partial charge in [0.2, 0.25) is 5.43 Å². The number of ether oxygens (including phenoxy) is 1. The number of aromatic hydroxyl groups is 1. The summed E-state index contributed by atoms with van der Waals surface area (Å²) in [5.41, 5.74) is 1.89. The zero-order chi connectivity index (χ0) is 19.7. The molecule has 1 aliphatic rings. The fraction of sp³-hybridized carbons (Fsp3) is 0.286. The molecule has 28 heavy (non-hydrogen) atoms. The minimum Gasteiger partial charge on any atom is -0.507 e. The lowest BCUT2D eigenvalue weighted by Crippen LogP contribution is -2.46. The van der Waals surface area contributed by atoms with Crippen molar-refractivity contribution in [1.29, 1.82) is 0 Å². The van der Waals surface area contributed by atoms with Crippen molar-refractivity contribution in [3.63, 3.8) is 0 Å². The number of nitrogens with zero attached hydrogens (tertiary/aromatic N) is 2. The predicted molar refractivity (Wildman–Crippen MR) is 110 cm³/mol. The molecule has 1 aromatic heterocycles. The maximum Gasteiger partial charge on any atom is 0.211 e. The molecular formula is C21H21ClN2O4. The van der Waals surface area contributed by atoms with Gasteiger partial charge in [-0.1, -0.05) is 11.6 Å². The fourth-order valence-corrected chi connectivity index (χ4v) is 3.70. The maximum absolute atomic E-state index is 12.2. The van der Waals surface area contributed by atoms with Gasteiger partial charge in [-0.05, 0) is 36.4 Å². The summed E-state index contributed by atoms with van der Waals surface area (Å²) in [5, 5.41) is 10.8. The Labute approximate surface area is 167 Å². The Morgan fingerprint density at radius 2 is 1.82 bits per heavy atom. The molecule has 4 rings (SSSR count). The van der Waals surface area contributed by atoms with E-state index in [1.165, 1.54) is 12.3 Å². The lowest BCUT2D eigenvalue weighted by Gasteiger charge is -2.36. The van der Waals surface area contributed by atoms with Crippen LogP contribution in [0.1, 0.15) is 5.56 Å². The number of rotatable bonds is 4. The highest BCUT2D eigenvalue weighted by atomic mass is 35.5. The first-order chi connectivity index (χ1) is 13.6. The van der Waals surface area contributed by atoms with E-state index in [1.807, 2.05) is 12.1 Å². The smallest absolute Gasteiger partial charge is 0.211 e. The fourth-order valence-electron chi connectivity index (χ4n) is 3.56.